The van der Waals surface area contributed by atoms with E-state index in [-0.39, 0.29) is 0 Å². The summed E-state index contributed by atoms with van der Waals surface area (Å²) in [5.41, 5.74) is 4.88. The molecule has 0 radical (unpaired) electrons. The molecule has 2 N–H and O–H groups in total. The predicted octanol–water partition coefficient (Wildman–Crippen LogP) is 0.694. The summed E-state index contributed by atoms with van der Waals surface area (Å²) in [6.07, 6.45) is 0. The number of primary amides is 1. The van der Waals surface area contributed by atoms with E-state index in [0.29, 0.717) is 8.78 Å². The number of sulfonamides is 1. The molecule has 0 unspecified atom stereocenters. The summed E-state index contributed by atoms with van der Waals surface area (Å²) in [5.74, 6) is -1.70. The smallest absolute Gasteiger partial charge is 0.246 e. The molecular formula is C9H10BrFN2O3S. The normalized spacial score (nSPS) is 11.8. The Balaban J connectivity index is 3.17. The number of amides is 1. The predicted molar refractivity (Wildman–Crippen MR) is 63.1 cm³/mol. The van der Waals surface area contributed by atoms with Crippen molar-refractivity contribution in [3.8, 4) is 0 Å². The van der Waals surface area contributed by atoms with Gasteiger partial charge in [-0.1, -0.05) is 15.9 Å². The number of carbonyl (C=O) groups is 1. The second kappa shape index (κ2) is 5.11. The highest BCUT2D eigenvalue weighted by Gasteiger charge is 2.25. The summed E-state index contributed by atoms with van der Waals surface area (Å²) in [5, 5.41) is 0. The summed E-state index contributed by atoms with van der Waals surface area (Å²) in [6.45, 7) is -0.502. The van der Waals surface area contributed by atoms with E-state index in [1.54, 1.807) is 0 Å². The van der Waals surface area contributed by atoms with E-state index in [1.165, 1.54) is 6.07 Å². The lowest BCUT2D eigenvalue weighted by Gasteiger charge is -2.15. The summed E-state index contributed by atoms with van der Waals surface area (Å²) in [6, 6.07) is 3.55. The monoisotopic (exact) mass is 324 g/mol. The molecule has 94 valence electrons. The van der Waals surface area contributed by atoms with Crippen LogP contribution in [0.15, 0.2) is 27.6 Å². The van der Waals surface area contributed by atoms with E-state index in [1.807, 2.05) is 0 Å². The van der Waals surface area contributed by atoms with E-state index in [0.717, 1.165) is 19.2 Å². The van der Waals surface area contributed by atoms with Crippen molar-refractivity contribution in [3.05, 3.63) is 28.5 Å². The van der Waals surface area contributed by atoms with Crippen LogP contribution < -0.4 is 5.73 Å². The number of nitrogens with zero attached hydrogens (tertiary/aromatic N) is 1. The average Bonchev–Trinajstić information content (AvgIpc) is 2.15. The topological polar surface area (TPSA) is 80.5 Å². The lowest BCUT2D eigenvalue weighted by atomic mass is 10.3. The maximum absolute atomic E-state index is 13.5. The summed E-state index contributed by atoms with van der Waals surface area (Å²) >= 11 is 3.02. The highest BCUT2D eigenvalue weighted by molar-refractivity contribution is 9.10. The first-order chi connectivity index (χ1) is 7.75. The van der Waals surface area contributed by atoms with Crippen molar-refractivity contribution in [2.75, 3.05) is 13.6 Å². The molecule has 1 aromatic rings. The summed E-state index contributed by atoms with van der Waals surface area (Å²) in [7, 11) is -2.89. The van der Waals surface area contributed by atoms with Gasteiger partial charge in [-0.25, -0.2) is 12.8 Å². The Bertz CT molecular complexity index is 547. The third-order valence-electron chi connectivity index (χ3n) is 1.96. The van der Waals surface area contributed by atoms with Crippen LogP contribution in [0.5, 0.6) is 0 Å². The quantitative estimate of drug-likeness (QED) is 0.885. The van der Waals surface area contributed by atoms with Crippen LogP contribution in [0.3, 0.4) is 0 Å². The largest absolute Gasteiger partial charge is 0.369 e. The minimum Gasteiger partial charge on any atom is -0.369 e. The Morgan fingerprint density at radius 3 is 2.59 bits per heavy atom. The van der Waals surface area contributed by atoms with Crippen LogP contribution in [0.1, 0.15) is 0 Å². The van der Waals surface area contributed by atoms with Crippen molar-refractivity contribution in [2.45, 2.75) is 4.90 Å². The molecule has 17 heavy (non-hydrogen) atoms. The van der Waals surface area contributed by atoms with Crippen LogP contribution in [0, 0.1) is 5.82 Å². The van der Waals surface area contributed by atoms with Gasteiger partial charge in [0.1, 0.15) is 10.7 Å². The van der Waals surface area contributed by atoms with Crippen molar-refractivity contribution in [2.24, 2.45) is 5.73 Å². The molecular weight excluding hydrogens is 315 g/mol. The molecule has 0 saturated heterocycles. The molecule has 1 amide bonds. The molecule has 1 rings (SSSR count). The zero-order valence-corrected chi connectivity index (χ0v) is 11.3. The number of hydrogen-bond acceptors (Lipinski definition) is 3. The van der Waals surface area contributed by atoms with E-state index in [9.17, 15) is 17.6 Å². The van der Waals surface area contributed by atoms with E-state index >= 15 is 0 Å². The van der Waals surface area contributed by atoms with Gasteiger partial charge in [0.15, 0.2) is 0 Å². The minimum absolute atomic E-state index is 0.423. The molecule has 5 nitrogen and oxygen atoms in total. The van der Waals surface area contributed by atoms with Crippen LogP contribution in [0.25, 0.3) is 0 Å². The van der Waals surface area contributed by atoms with Crippen LogP contribution in [0.2, 0.25) is 0 Å². The van der Waals surface area contributed by atoms with Crippen LogP contribution in [0.4, 0.5) is 4.39 Å². The van der Waals surface area contributed by atoms with Crippen molar-refractivity contribution in [3.63, 3.8) is 0 Å². The fourth-order valence-electron chi connectivity index (χ4n) is 1.16. The molecule has 0 aliphatic heterocycles. The molecule has 0 atom stereocenters. The number of likely N-dealkylation sites (N-methyl/N-ethyl adjacent to an activating group) is 1. The van der Waals surface area contributed by atoms with Gasteiger partial charge in [0.2, 0.25) is 15.9 Å². The third kappa shape index (κ3) is 3.24. The van der Waals surface area contributed by atoms with Crippen LogP contribution in [-0.2, 0) is 14.8 Å². The molecule has 0 bridgehead atoms. The Morgan fingerprint density at radius 1 is 1.53 bits per heavy atom. The number of nitrogens with two attached hydrogens (primary N) is 1. The van der Waals surface area contributed by atoms with Gasteiger partial charge in [-0.2, -0.15) is 4.31 Å². The second-order valence-electron chi connectivity index (χ2n) is 3.30. The van der Waals surface area contributed by atoms with Gasteiger partial charge < -0.3 is 5.73 Å². The van der Waals surface area contributed by atoms with Gasteiger partial charge in [0, 0.05) is 11.5 Å². The number of rotatable bonds is 4. The van der Waals surface area contributed by atoms with Gasteiger partial charge in [-0.15, -0.1) is 0 Å². The Labute approximate surface area is 107 Å². The molecule has 0 saturated carbocycles. The maximum atomic E-state index is 13.5. The number of halogens is 2. The Hall–Kier alpha value is -0.990. The lowest BCUT2D eigenvalue weighted by Crippen LogP contribution is -2.35. The highest BCUT2D eigenvalue weighted by atomic mass is 79.9. The summed E-state index contributed by atoms with van der Waals surface area (Å²) in [4.78, 5) is 10.1. The Kier molecular flexibility index (Phi) is 4.23. The molecule has 8 heteroatoms. The number of carbonyl (C=O) groups excluding carboxylic acids is 1. The van der Waals surface area contributed by atoms with Gasteiger partial charge in [0.05, 0.1) is 6.54 Å². The molecule has 1 aromatic carbocycles. The van der Waals surface area contributed by atoms with Crippen molar-refractivity contribution in [1.82, 2.24) is 4.31 Å². The molecule has 0 aromatic heterocycles. The fourth-order valence-corrected chi connectivity index (χ4v) is 2.67. The van der Waals surface area contributed by atoms with Crippen molar-refractivity contribution in [1.29, 1.82) is 0 Å². The van der Waals surface area contributed by atoms with E-state index in [4.69, 9.17) is 5.73 Å². The second-order valence-corrected chi connectivity index (χ2v) is 6.23. The first-order valence-electron chi connectivity index (χ1n) is 4.45. The van der Waals surface area contributed by atoms with Crippen molar-refractivity contribution >= 4 is 31.9 Å². The molecule has 0 aliphatic carbocycles. The number of benzene rings is 1. The van der Waals surface area contributed by atoms with Gasteiger partial charge in [0.25, 0.3) is 0 Å². The van der Waals surface area contributed by atoms with Gasteiger partial charge in [-0.05, 0) is 18.2 Å². The molecule has 0 spiro atoms. The van der Waals surface area contributed by atoms with Crippen molar-refractivity contribution < 1.29 is 17.6 Å². The third-order valence-corrected chi connectivity index (χ3v) is 4.29. The fraction of sp³-hybridized carbons (Fsp3) is 0.222. The zero-order chi connectivity index (χ0) is 13.2. The van der Waals surface area contributed by atoms with Crippen LogP contribution in [-0.4, -0.2) is 32.2 Å². The van der Waals surface area contributed by atoms with E-state index < -0.39 is 33.2 Å². The highest BCUT2D eigenvalue weighted by Crippen LogP contribution is 2.21. The lowest BCUT2D eigenvalue weighted by molar-refractivity contribution is -0.118. The average molecular weight is 325 g/mol. The first-order valence-corrected chi connectivity index (χ1v) is 6.68. The van der Waals surface area contributed by atoms with Gasteiger partial charge in [-0.3, -0.25) is 4.79 Å². The van der Waals surface area contributed by atoms with Gasteiger partial charge >= 0.3 is 0 Å². The van der Waals surface area contributed by atoms with E-state index in [2.05, 4.69) is 15.9 Å². The zero-order valence-electron chi connectivity index (χ0n) is 8.85. The Morgan fingerprint density at radius 2 is 2.12 bits per heavy atom. The minimum atomic E-state index is -4.04. The summed E-state index contributed by atoms with van der Waals surface area (Å²) < 4.78 is 38.3. The number of hydrogen-bond donors (Lipinski definition) is 1. The first kappa shape index (κ1) is 14.1. The SMILES string of the molecule is CN(CC(N)=O)S(=O)(=O)c1ccc(Br)cc1F. The van der Waals surface area contributed by atoms with Crippen LogP contribution >= 0.6 is 15.9 Å². The molecule has 0 heterocycles. The standard InChI is InChI=1S/C9H10BrFN2O3S/c1-13(5-9(12)14)17(15,16)8-3-2-6(10)4-7(8)11/h2-4H,5H2,1H3,(H2,12,14). The molecule has 0 fully saturated rings. The molecule has 0 aliphatic rings. The maximum Gasteiger partial charge on any atom is 0.246 e.